The van der Waals surface area contributed by atoms with Crippen molar-refractivity contribution in [2.75, 3.05) is 5.32 Å². The predicted molar refractivity (Wildman–Crippen MR) is 47.9 cm³/mol. The van der Waals surface area contributed by atoms with E-state index in [4.69, 9.17) is 4.74 Å². The summed E-state index contributed by atoms with van der Waals surface area (Å²) in [6.07, 6.45) is -0.388. The molecule has 4 heteroatoms. The van der Waals surface area contributed by atoms with E-state index < -0.39 is 0 Å². The van der Waals surface area contributed by atoms with Crippen LogP contribution < -0.4 is 5.32 Å². The van der Waals surface area contributed by atoms with Gasteiger partial charge in [-0.15, -0.1) is 0 Å². The number of ether oxygens (including phenoxy) is 1. The van der Waals surface area contributed by atoms with Crippen LogP contribution in [0.15, 0.2) is 22.7 Å². The van der Waals surface area contributed by atoms with E-state index in [1.807, 2.05) is 18.2 Å². The summed E-state index contributed by atoms with van der Waals surface area (Å²) in [5, 5.41) is 2.61. The van der Waals surface area contributed by atoms with Crippen molar-refractivity contribution in [3.05, 3.63) is 28.2 Å². The zero-order chi connectivity index (χ0) is 8.55. The molecule has 12 heavy (non-hydrogen) atoms. The van der Waals surface area contributed by atoms with E-state index >= 15 is 0 Å². The largest absolute Gasteiger partial charge is 0.444 e. The van der Waals surface area contributed by atoms with E-state index in [1.54, 1.807) is 0 Å². The minimum atomic E-state index is -0.388. The zero-order valence-electron chi connectivity index (χ0n) is 6.13. The van der Waals surface area contributed by atoms with Crippen LogP contribution in [0.5, 0.6) is 0 Å². The maximum atomic E-state index is 10.8. The quantitative estimate of drug-likeness (QED) is 0.740. The van der Waals surface area contributed by atoms with Gasteiger partial charge in [-0.2, -0.15) is 0 Å². The molecule has 3 nitrogen and oxygen atoms in total. The van der Waals surface area contributed by atoms with Crippen molar-refractivity contribution in [3.8, 4) is 0 Å². The summed E-state index contributed by atoms with van der Waals surface area (Å²) in [4.78, 5) is 10.8. The van der Waals surface area contributed by atoms with Gasteiger partial charge in [0.15, 0.2) is 0 Å². The van der Waals surface area contributed by atoms with Crippen LogP contribution in [-0.2, 0) is 11.3 Å². The topological polar surface area (TPSA) is 38.3 Å². The number of halogens is 1. The summed E-state index contributed by atoms with van der Waals surface area (Å²) in [6, 6.07) is 5.69. The molecule has 0 fully saturated rings. The van der Waals surface area contributed by atoms with Gasteiger partial charge in [0.25, 0.3) is 0 Å². The Kier molecular flexibility index (Phi) is 1.77. The van der Waals surface area contributed by atoms with Gasteiger partial charge in [0.1, 0.15) is 6.61 Å². The molecule has 1 aromatic carbocycles. The number of fused-ring (bicyclic) bond motifs is 1. The Bertz CT molecular complexity index is 338. The summed E-state index contributed by atoms with van der Waals surface area (Å²) in [6.45, 7) is 0.356. The number of hydrogen-bond donors (Lipinski definition) is 1. The lowest BCUT2D eigenvalue weighted by Gasteiger charge is -2.16. The second kappa shape index (κ2) is 2.79. The molecule has 0 unspecified atom stereocenters. The maximum absolute atomic E-state index is 10.8. The molecule has 0 saturated heterocycles. The second-order valence-corrected chi connectivity index (χ2v) is 3.42. The number of nitrogens with one attached hydrogen (secondary N) is 1. The molecule has 2 rings (SSSR count). The van der Waals surface area contributed by atoms with Crippen molar-refractivity contribution >= 4 is 27.7 Å². The van der Waals surface area contributed by atoms with Crippen LogP contribution in [0.25, 0.3) is 0 Å². The number of carbonyl (C=O) groups excluding carboxylic acids is 1. The number of carbonyl (C=O) groups is 1. The van der Waals surface area contributed by atoms with E-state index in [2.05, 4.69) is 21.2 Å². The molecule has 1 heterocycles. The van der Waals surface area contributed by atoms with E-state index in [9.17, 15) is 4.79 Å². The van der Waals surface area contributed by atoms with Crippen molar-refractivity contribution in [2.24, 2.45) is 0 Å². The smallest absolute Gasteiger partial charge is 0.411 e. The Labute approximate surface area is 77.8 Å². The normalized spacial score (nSPS) is 14.6. The first kappa shape index (κ1) is 7.61. The SMILES string of the molecule is O=C1Nc2cc(Br)ccc2CO1. The van der Waals surface area contributed by atoms with Crippen molar-refractivity contribution in [1.82, 2.24) is 0 Å². The Morgan fingerprint density at radius 2 is 2.33 bits per heavy atom. The Morgan fingerprint density at radius 1 is 1.50 bits per heavy atom. The molecule has 0 aromatic heterocycles. The predicted octanol–water partition coefficient (Wildman–Crippen LogP) is 2.51. The number of rotatable bonds is 0. The fraction of sp³-hybridized carbons (Fsp3) is 0.125. The average molecular weight is 228 g/mol. The molecule has 1 N–H and O–H groups in total. The first-order valence-corrected chi connectivity index (χ1v) is 4.27. The molecule has 0 radical (unpaired) electrons. The highest BCUT2D eigenvalue weighted by atomic mass is 79.9. The van der Waals surface area contributed by atoms with Crippen LogP contribution in [0.3, 0.4) is 0 Å². The van der Waals surface area contributed by atoms with Crippen molar-refractivity contribution in [3.63, 3.8) is 0 Å². The van der Waals surface area contributed by atoms with Crippen molar-refractivity contribution in [1.29, 1.82) is 0 Å². The third kappa shape index (κ3) is 1.30. The van der Waals surface area contributed by atoms with Gasteiger partial charge < -0.3 is 4.74 Å². The van der Waals surface area contributed by atoms with Gasteiger partial charge in [0.2, 0.25) is 0 Å². The fourth-order valence-electron chi connectivity index (χ4n) is 1.08. The second-order valence-electron chi connectivity index (χ2n) is 2.50. The standard InChI is InChI=1S/C8H6BrNO2/c9-6-2-1-5-4-12-8(11)10-7(5)3-6/h1-3H,4H2,(H,10,11). The fourth-order valence-corrected chi connectivity index (χ4v) is 1.44. The maximum Gasteiger partial charge on any atom is 0.411 e. The molecule has 1 aliphatic heterocycles. The van der Waals surface area contributed by atoms with E-state index in [-0.39, 0.29) is 6.09 Å². The Morgan fingerprint density at radius 3 is 3.17 bits per heavy atom. The van der Waals surface area contributed by atoms with Crippen LogP contribution in [0, 0.1) is 0 Å². The molecule has 0 bridgehead atoms. The molecule has 1 aliphatic rings. The van der Waals surface area contributed by atoms with Gasteiger partial charge in [-0.3, -0.25) is 5.32 Å². The monoisotopic (exact) mass is 227 g/mol. The third-order valence-electron chi connectivity index (χ3n) is 1.67. The van der Waals surface area contributed by atoms with Gasteiger partial charge in [-0.05, 0) is 12.1 Å². The average Bonchev–Trinajstić information content (AvgIpc) is 2.03. The molecule has 62 valence electrons. The number of benzene rings is 1. The highest BCUT2D eigenvalue weighted by Gasteiger charge is 2.14. The summed E-state index contributed by atoms with van der Waals surface area (Å²) in [5.74, 6) is 0. The van der Waals surface area contributed by atoms with Gasteiger partial charge in [0.05, 0.1) is 5.69 Å². The lowest BCUT2D eigenvalue weighted by Crippen LogP contribution is -2.19. The minimum Gasteiger partial charge on any atom is -0.444 e. The summed E-state index contributed by atoms with van der Waals surface area (Å²) in [7, 11) is 0. The van der Waals surface area contributed by atoms with E-state index in [0.717, 1.165) is 15.7 Å². The molecule has 1 aromatic rings. The Balaban J connectivity index is 2.44. The number of anilines is 1. The van der Waals surface area contributed by atoms with Crippen LogP contribution in [0.1, 0.15) is 5.56 Å². The van der Waals surface area contributed by atoms with E-state index in [0.29, 0.717) is 6.61 Å². The third-order valence-corrected chi connectivity index (χ3v) is 2.16. The molecular weight excluding hydrogens is 222 g/mol. The van der Waals surface area contributed by atoms with Crippen molar-refractivity contribution < 1.29 is 9.53 Å². The highest BCUT2D eigenvalue weighted by molar-refractivity contribution is 9.10. The highest BCUT2D eigenvalue weighted by Crippen LogP contribution is 2.24. The Hall–Kier alpha value is -1.03. The van der Waals surface area contributed by atoms with Crippen LogP contribution in [0.2, 0.25) is 0 Å². The lowest BCUT2D eigenvalue weighted by atomic mass is 10.2. The molecule has 0 saturated carbocycles. The number of amides is 1. The van der Waals surface area contributed by atoms with Crippen molar-refractivity contribution in [2.45, 2.75) is 6.61 Å². The van der Waals surface area contributed by atoms with E-state index in [1.165, 1.54) is 0 Å². The lowest BCUT2D eigenvalue weighted by molar-refractivity contribution is 0.151. The minimum absolute atomic E-state index is 0.356. The van der Waals surface area contributed by atoms with Gasteiger partial charge in [-0.1, -0.05) is 22.0 Å². The number of cyclic esters (lactones) is 1. The molecule has 0 aliphatic carbocycles. The van der Waals surface area contributed by atoms with Gasteiger partial charge in [0, 0.05) is 10.0 Å². The first-order valence-electron chi connectivity index (χ1n) is 3.48. The zero-order valence-corrected chi connectivity index (χ0v) is 7.72. The molecule has 1 amide bonds. The van der Waals surface area contributed by atoms with Crippen LogP contribution in [-0.4, -0.2) is 6.09 Å². The summed E-state index contributed by atoms with van der Waals surface area (Å²) < 4.78 is 5.73. The van der Waals surface area contributed by atoms with Crippen LogP contribution >= 0.6 is 15.9 Å². The first-order chi connectivity index (χ1) is 5.75. The van der Waals surface area contributed by atoms with Gasteiger partial charge >= 0.3 is 6.09 Å². The van der Waals surface area contributed by atoms with Gasteiger partial charge in [-0.25, -0.2) is 4.79 Å². The summed E-state index contributed by atoms with van der Waals surface area (Å²) in [5.41, 5.74) is 1.82. The molecular formula is C8H6BrNO2. The molecule has 0 spiro atoms. The molecule has 0 atom stereocenters. The van der Waals surface area contributed by atoms with Crippen LogP contribution in [0.4, 0.5) is 10.5 Å². The number of hydrogen-bond acceptors (Lipinski definition) is 2. The summed E-state index contributed by atoms with van der Waals surface area (Å²) >= 11 is 3.32.